The van der Waals surface area contributed by atoms with Crippen LogP contribution in [0.3, 0.4) is 0 Å². The van der Waals surface area contributed by atoms with Gasteiger partial charge >= 0.3 is 11.9 Å². The number of rotatable bonds is 8. The molecular weight excluding hydrogens is 372 g/mol. The quantitative estimate of drug-likeness (QED) is 0.380. The van der Waals surface area contributed by atoms with Crippen LogP contribution < -0.4 is 10.4 Å². The molecule has 0 unspecified atom stereocenters. The van der Waals surface area contributed by atoms with Crippen LogP contribution >= 0.6 is 11.8 Å². The van der Waals surface area contributed by atoms with Gasteiger partial charge in [-0.15, -0.1) is 4.73 Å². The van der Waals surface area contributed by atoms with Crippen molar-refractivity contribution in [2.75, 3.05) is 13.2 Å². The molecule has 0 aliphatic carbocycles. The summed E-state index contributed by atoms with van der Waals surface area (Å²) in [5, 5.41) is -0.136. The first-order valence-corrected chi connectivity index (χ1v) is 9.45. The SMILES string of the molecule is CCOC(=O)[C@H](C)On1c(S[C@H](C)C(=O)OCC)nc2ccccc2c1=O. The van der Waals surface area contributed by atoms with E-state index >= 15 is 0 Å². The molecule has 0 bridgehead atoms. The number of ether oxygens (including phenoxy) is 2. The Bertz CT molecular complexity index is 882. The second-order valence-electron chi connectivity index (χ2n) is 5.52. The molecule has 1 aromatic heterocycles. The zero-order valence-electron chi connectivity index (χ0n) is 15.6. The normalized spacial score (nSPS) is 13.0. The van der Waals surface area contributed by atoms with Gasteiger partial charge in [-0.25, -0.2) is 9.78 Å². The van der Waals surface area contributed by atoms with Crippen LogP contribution in [0.4, 0.5) is 0 Å². The highest BCUT2D eigenvalue weighted by Gasteiger charge is 2.24. The Kier molecular flexibility index (Phi) is 7.23. The van der Waals surface area contributed by atoms with Crippen LogP contribution in [0.1, 0.15) is 27.7 Å². The fourth-order valence-electron chi connectivity index (χ4n) is 2.19. The van der Waals surface area contributed by atoms with E-state index < -0.39 is 28.9 Å². The Hall–Kier alpha value is -2.55. The molecule has 0 radical (unpaired) electrons. The number of hydrogen-bond acceptors (Lipinski definition) is 8. The van der Waals surface area contributed by atoms with Crippen LogP contribution in [0.25, 0.3) is 10.9 Å². The van der Waals surface area contributed by atoms with Crippen molar-refractivity contribution in [3.05, 3.63) is 34.6 Å². The maximum Gasteiger partial charge on any atom is 0.349 e. The molecule has 0 amide bonds. The van der Waals surface area contributed by atoms with Gasteiger partial charge in [0, 0.05) is 0 Å². The monoisotopic (exact) mass is 394 g/mol. The summed E-state index contributed by atoms with van der Waals surface area (Å²) in [6.45, 7) is 6.95. The van der Waals surface area contributed by atoms with Gasteiger partial charge in [0.15, 0.2) is 0 Å². The van der Waals surface area contributed by atoms with Gasteiger partial charge in [-0.3, -0.25) is 9.59 Å². The van der Waals surface area contributed by atoms with Crippen LogP contribution in [-0.4, -0.2) is 46.2 Å². The molecule has 0 N–H and O–H groups in total. The number of para-hydroxylation sites is 1. The lowest BCUT2D eigenvalue weighted by atomic mass is 10.2. The fourth-order valence-corrected chi connectivity index (χ4v) is 3.04. The second kappa shape index (κ2) is 9.40. The van der Waals surface area contributed by atoms with E-state index in [0.717, 1.165) is 16.5 Å². The highest BCUT2D eigenvalue weighted by molar-refractivity contribution is 8.00. The standard InChI is InChI=1S/C18H22N2O6S/c1-5-24-16(22)11(3)26-20-15(21)13-9-7-8-10-14(13)19-18(20)27-12(4)17(23)25-6-2/h7-12H,5-6H2,1-4H3/t11-,12+/m0/s1. The van der Waals surface area contributed by atoms with Crippen molar-refractivity contribution in [1.29, 1.82) is 0 Å². The summed E-state index contributed by atoms with van der Waals surface area (Å²) in [5.74, 6) is -1.04. The van der Waals surface area contributed by atoms with Gasteiger partial charge in [0.1, 0.15) is 5.25 Å². The minimum absolute atomic E-state index is 0.149. The van der Waals surface area contributed by atoms with E-state index in [-0.39, 0.29) is 18.4 Å². The lowest BCUT2D eigenvalue weighted by Gasteiger charge is -2.18. The van der Waals surface area contributed by atoms with E-state index in [1.54, 1.807) is 45.0 Å². The zero-order valence-corrected chi connectivity index (χ0v) is 16.4. The van der Waals surface area contributed by atoms with Crippen molar-refractivity contribution in [1.82, 2.24) is 9.71 Å². The molecule has 1 heterocycles. The van der Waals surface area contributed by atoms with Gasteiger partial charge < -0.3 is 14.3 Å². The smallest absolute Gasteiger partial charge is 0.349 e. The Morgan fingerprint density at radius 1 is 1.11 bits per heavy atom. The van der Waals surface area contributed by atoms with Crippen LogP contribution in [0, 0.1) is 0 Å². The number of aromatic nitrogens is 2. The number of fused-ring (bicyclic) bond motifs is 1. The van der Waals surface area contributed by atoms with Crippen LogP contribution in [0.5, 0.6) is 0 Å². The lowest BCUT2D eigenvalue weighted by molar-refractivity contribution is -0.156. The maximum absolute atomic E-state index is 12.9. The molecule has 0 saturated heterocycles. The van der Waals surface area contributed by atoms with Gasteiger partial charge in [0.2, 0.25) is 11.3 Å². The van der Waals surface area contributed by atoms with Crippen molar-refractivity contribution in [3.63, 3.8) is 0 Å². The highest BCUT2D eigenvalue weighted by atomic mass is 32.2. The average molecular weight is 394 g/mol. The fraction of sp³-hybridized carbons (Fsp3) is 0.444. The molecule has 0 fully saturated rings. The second-order valence-corrected chi connectivity index (χ2v) is 6.83. The van der Waals surface area contributed by atoms with Crippen LogP contribution in [0.2, 0.25) is 0 Å². The number of carbonyl (C=O) groups excluding carboxylic acids is 2. The third-order valence-electron chi connectivity index (χ3n) is 3.49. The number of carbonyl (C=O) groups is 2. The van der Waals surface area contributed by atoms with Gasteiger partial charge in [-0.1, -0.05) is 23.9 Å². The third kappa shape index (κ3) is 5.00. The highest BCUT2D eigenvalue weighted by Crippen LogP contribution is 2.23. The van der Waals surface area contributed by atoms with Gasteiger partial charge in [-0.2, -0.15) is 0 Å². The van der Waals surface area contributed by atoms with E-state index in [1.807, 2.05) is 0 Å². The molecule has 2 aromatic rings. The first-order valence-electron chi connectivity index (χ1n) is 8.57. The number of benzene rings is 1. The Morgan fingerprint density at radius 2 is 1.74 bits per heavy atom. The predicted molar refractivity (Wildman–Crippen MR) is 101 cm³/mol. The number of hydrogen-bond donors (Lipinski definition) is 0. The lowest BCUT2D eigenvalue weighted by Crippen LogP contribution is -2.39. The molecule has 8 nitrogen and oxygen atoms in total. The predicted octanol–water partition coefficient (Wildman–Crippen LogP) is 1.82. The summed E-state index contributed by atoms with van der Waals surface area (Å²) in [4.78, 5) is 46.6. The molecule has 0 aliphatic rings. The summed E-state index contributed by atoms with van der Waals surface area (Å²) < 4.78 is 10.8. The van der Waals surface area contributed by atoms with Crippen LogP contribution in [0.15, 0.2) is 34.2 Å². The van der Waals surface area contributed by atoms with E-state index in [0.29, 0.717) is 10.9 Å². The molecule has 9 heteroatoms. The third-order valence-corrected chi connectivity index (χ3v) is 4.51. The van der Waals surface area contributed by atoms with E-state index in [2.05, 4.69) is 4.98 Å². The molecule has 146 valence electrons. The Labute approximate surface area is 160 Å². The summed E-state index contributed by atoms with van der Waals surface area (Å²) in [6.07, 6.45) is -1.03. The Morgan fingerprint density at radius 3 is 2.41 bits per heavy atom. The van der Waals surface area contributed by atoms with Gasteiger partial charge in [0.05, 0.1) is 24.1 Å². The maximum atomic E-state index is 12.9. The first-order chi connectivity index (χ1) is 12.9. The molecule has 27 heavy (non-hydrogen) atoms. The minimum atomic E-state index is -1.03. The largest absolute Gasteiger partial charge is 0.465 e. The van der Waals surface area contributed by atoms with Crippen LogP contribution in [-0.2, 0) is 19.1 Å². The minimum Gasteiger partial charge on any atom is -0.465 e. The number of esters is 2. The molecule has 2 rings (SSSR count). The summed E-state index contributed by atoms with van der Waals surface area (Å²) in [7, 11) is 0. The molecule has 0 spiro atoms. The topological polar surface area (TPSA) is 96.7 Å². The molecule has 0 aliphatic heterocycles. The van der Waals surface area contributed by atoms with Crippen molar-refractivity contribution in [2.24, 2.45) is 0 Å². The van der Waals surface area contributed by atoms with Crippen molar-refractivity contribution < 1.29 is 23.9 Å². The van der Waals surface area contributed by atoms with Gasteiger partial charge in [-0.05, 0) is 39.8 Å². The summed E-state index contributed by atoms with van der Waals surface area (Å²) in [6, 6.07) is 6.76. The Balaban J connectivity index is 2.45. The average Bonchev–Trinajstić information content (AvgIpc) is 2.65. The molecule has 1 aromatic carbocycles. The molecule has 2 atom stereocenters. The number of thioether (sulfide) groups is 1. The van der Waals surface area contributed by atoms with Crippen molar-refractivity contribution in [2.45, 2.75) is 44.2 Å². The zero-order chi connectivity index (χ0) is 20.0. The van der Waals surface area contributed by atoms with E-state index in [1.165, 1.54) is 6.92 Å². The van der Waals surface area contributed by atoms with E-state index in [9.17, 15) is 14.4 Å². The van der Waals surface area contributed by atoms with Crippen molar-refractivity contribution >= 4 is 34.6 Å². The molecule has 0 saturated carbocycles. The molecular formula is C18H22N2O6S. The number of nitrogens with zero attached hydrogens (tertiary/aromatic N) is 2. The van der Waals surface area contributed by atoms with E-state index in [4.69, 9.17) is 14.3 Å². The summed E-state index contributed by atoms with van der Waals surface area (Å²) in [5.41, 5.74) is -0.0139. The summed E-state index contributed by atoms with van der Waals surface area (Å²) >= 11 is 1.01. The van der Waals surface area contributed by atoms with Gasteiger partial charge in [0.25, 0.3) is 5.56 Å². The van der Waals surface area contributed by atoms with Crippen molar-refractivity contribution in [3.8, 4) is 0 Å². The first kappa shape index (κ1) is 20.8.